The van der Waals surface area contributed by atoms with Crippen molar-refractivity contribution in [2.75, 3.05) is 18.6 Å². The van der Waals surface area contributed by atoms with E-state index in [2.05, 4.69) is 10.2 Å². The van der Waals surface area contributed by atoms with Crippen LogP contribution in [-0.4, -0.2) is 47.7 Å². The van der Waals surface area contributed by atoms with E-state index in [-0.39, 0.29) is 0 Å². The Morgan fingerprint density at radius 1 is 1.47 bits per heavy atom. The Morgan fingerprint density at radius 3 is 2.59 bits per heavy atom. The fourth-order valence-corrected chi connectivity index (χ4v) is 1.39. The van der Waals surface area contributed by atoms with Gasteiger partial charge in [0.25, 0.3) is 5.91 Å². The molecule has 0 aromatic heterocycles. The second-order valence-corrected chi connectivity index (χ2v) is 3.98. The highest BCUT2D eigenvalue weighted by Gasteiger charge is 2.19. The summed E-state index contributed by atoms with van der Waals surface area (Å²) in [4.78, 5) is 36.6. The molecule has 1 unspecified atom stereocenters. The van der Waals surface area contributed by atoms with Crippen molar-refractivity contribution in [3.05, 3.63) is 0 Å². The third-order valence-corrected chi connectivity index (χ3v) is 2.26. The predicted molar refractivity (Wildman–Crippen MR) is 61.2 cm³/mol. The molecule has 17 heavy (non-hydrogen) atoms. The van der Waals surface area contributed by atoms with Crippen molar-refractivity contribution >= 4 is 29.7 Å². The Labute approximate surface area is 102 Å². The number of urea groups is 1. The fourth-order valence-electron chi connectivity index (χ4n) is 0.916. The van der Waals surface area contributed by atoms with Gasteiger partial charge in [0.2, 0.25) is 0 Å². The first-order chi connectivity index (χ1) is 7.97. The maximum Gasteiger partial charge on any atom is 0.332 e. The molecule has 0 aliphatic rings. The summed E-state index contributed by atoms with van der Waals surface area (Å²) >= 11 is 1.50. The number of rotatable bonds is 8. The highest BCUT2D eigenvalue weighted by molar-refractivity contribution is 7.98. The number of nitrogens with two attached hydrogens (primary N) is 1. The molecule has 0 saturated heterocycles. The van der Waals surface area contributed by atoms with Crippen LogP contribution in [0.1, 0.15) is 6.42 Å². The summed E-state index contributed by atoms with van der Waals surface area (Å²) in [7, 11) is 0. The molecule has 0 spiro atoms. The zero-order valence-corrected chi connectivity index (χ0v) is 10.1. The molecular weight excluding hydrogens is 250 g/mol. The van der Waals surface area contributed by atoms with Gasteiger partial charge in [0.05, 0.1) is 0 Å². The van der Waals surface area contributed by atoms with Crippen LogP contribution < -0.4 is 16.5 Å². The number of aliphatic carboxylic acids is 1. The van der Waals surface area contributed by atoms with E-state index in [9.17, 15) is 14.4 Å². The van der Waals surface area contributed by atoms with E-state index >= 15 is 0 Å². The molecule has 3 amide bonds. The molecule has 0 saturated carbocycles. The lowest BCUT2D eigenvalue weighted by Crippen LogP contribution is -2.49. The number of carboxylic acid groups (broad SMARTS) is 1. The van der Waals surface area contributed by atoms with Gasteiger partial charge in [0.15, 0.2) is 6.61 Å². The van der Waals surface area contributed by atoms with Crippen LogP contribution in [0.25, 0.3) is 0 Å². The molecule has 98 valence electrons. The molecule has 0 bridgehead atoms. The highest BCUT2D eigenvalue weighted by Crippen LogP contribution is 2.00. The van der Waals surface area contributed by atoms with Crippen LogP contribution >= 0.6 is 11.8 Å². The van der Waals surface area contributed by atoms with Crippen molar-refractivity contribution in [3.63, 3.8) is 0 Å². The monoisotopic (exact) mass is 265 g/mol. The normalized spacial score (nSPS) is 11.6. The van der Waals surface area contributed by atoms with Gasteiger partial charge in [0.1, 0.15) is 6.04 Å². The average molecular weight is 265 g/mol. The number of hydrogen-bond acceptors (Lipinski definition) is 5. The van der Waals surface area contributed by atoms with Crippen molar-refractivity contribution in [1.29, 1.82) is 0 Å². The first-order valence-electron chi connectivity index (χ1n) is 4.65. The number of primary amides is 1. The van der Waals surface area contributed by atoms with Gasteiger partial charge in [0, 0.05) is 0 Å². The van der Waals surface area contributed by atoms with Crippen LogP contribution in [-0.2, 0) is 14.4 Å². The van der Waals surface area contributed by atoms with E-state index in [1.165, 1.54) is 11.8 Å². The van der Waals surface area contributed by atoms with E-state index in [4.69, 9.17) is 10.8 Å². The molecular formula is C8H15N3O5S. The molecule has 8 nitrogen and oxygen atoms in total. The maximum atomic E-state index is 11.5. The van der Waals surface area contributed by atoms with Crippen molar-refractivity contribution in [2.24, 2.45) is 5.73 Å². The van der Waals surface area contributed by atoms with Gasteiger partial charge >= 0.3 is 12.0 Å². The summed E-state index contributed by atoms with van der Waals surface area (Å²) in [5.74, 6) is -1.22. The van der Waals surface area contributed by atoms with Crippen molar-refractivity contribution in [3.8, 4) is 0 Å². The topological polar surface area (TPSA) is 131 Å². The SMILES string of the molecule is CSCCC(NC(N)=O)C(=O)NOCC(=O)O. The Hall–Kier alpha value is -1.48. The number of thioether (sulfide) groups is 1. The van der Waals surface area contributed by atoms with Crippen LogP contribution in [0, 0.1) is 0 Å². The zero-order chi connectivity index (χ0) is 13.3. The van der Waals surface area contributed by atoms with Crippen molar-refractivity contribution in [2.45, 2.75) is 12.5 Å². The summed E-state index contributed by atoms with van der Waals surface area (Å²) in [5, 5.41) is 10.5. The molecule has 1 atom stereocenters. The second kappa shape index (κ2) is 8.65. The van der Waals surface area contributed by atoms with E-state index in [0.717, 1.165) is 0 Å². The molecule has 0 radical (unpaired) electrons. The van der Waals surface area contributed by atoms with Crippen LogP contribution in [0.5, 0.6) is 0 Å². The van der Waals surface area contributed by atoms with Crippen LogP contribution in [0.4, 0.5) is 4.79 Å². The Balaban J connectivity index is 4.11. The first kappa shape index (κ1) is 15.5. The number of carbonyl (C=O) groups is 3. The van der Waals surface area contributed by atoms with Crippen LogP contribution in [0.15, 0.2) is 0 Å². The number of nitrogens with one attached hydrogen (secondary N) is 2. The lowest BCUT2D eigenvalue weighted by Gasteiger charge is -2.15. The van der Waals surface area contributed by atoms with Gasteiger partial charge in [-0.15, -0.1) is 0 Å². The minimum Gasteiger partial charge on any atom is -0.479 e. The number of carboxylic acids is 1. The molecule has 0 aromatic rings. The van der Waals surface area contributed by atoms with E-state index < -0.39 is 30.6 Å². The Morgan fingerprint density at radius 2 is 2.12 bits per heavy atom. The quantitative estimate of drug-likeness (QED) is 0.412. The molecule has 9 heteroatoms. The number of hydroxylamine groups is 1. The van der Waals surface area contributed by atoms with E-state index in [1.54, 1.807) is 0 Å². The minimum atomic E-state index is -1.21. The Bertz CT molecular complexity index is 286. The third-order valence-electron chi connectivity index (χ3n) is 1.61. The number of hydrogen-bond donors (Lipinski definition) is 4. The molecule has 0 aromatic carbocycles. The van der Waals surface area contributed by atoms with Crippen molar-refractivity contribution < 1.29 is 24.3 Å². The van der Waals surface area contributed by atoms with Crippen LogP contribution in [0.3, 0.4) is 0 Å². The van der Waals surface area contributed by atoms with Gasteiger partial charge in [-0.1, -0.05) is 0 Å². The van der Waals surface area contributed by atoms with E-state index in [0.29, 0.717) is 12.2 Å². The summed E-state index contributed by atoms with van der Waals surface area (Å²) < 4.78 is 0. The fraction of sp³-hybridized carbons (Fsp3) is 0.625. The molecule has 0 fully saturated rings. The lowest BCUT2D eigenvalue weighted by molar-refractivity contribution is -0.149. The largest absolute Gasteiger partial charge is 0.479 e. The first-order valence-corrected chi connectivity index (χ1v) is 6.05. The standard InChI is InChI=1S/C8H15N3O5S/c1-17-3-2-5(10-8(9)15)7(14)11-16-4-6(12)13/h5H,2-4H2,1H3,(H,11,14)(H,12,13)(H3,9,10,15). The summed E-state index contributed by atoms with van der Waals surface area (Å²) in [6.07, 6.45) is 2.21. The van der Waals surface area contributed by atoms with Gasteiger partial charge in [-0.2, -0.15) is 11.8 Å². The maximum absolute atomic E-state index is 11.5. The summed E-state index contributed by atoms with van der Waals surface area (Å²) in [5.41, 5.74) is 6.84. The number of amides is 3. The molecule has 0 rings (SSSR count). The third kappa shape index (κ3) is 8.34. The molecule has 5 N–H and O–H groups in total. The van der Waals surface area contributed by atoms with Crippen LogP contribution in [0.2, 0.25) is 0 Å². The lowest BCUT2D eigenvalue weighted by atomic mass is 10.2. The predicted octanol–water partition coefficient (Wildman–Crippen LogP) is -1.09. The van der Waals surface area contributed by atoms with Crippen molar-refractivity contribution in [1.82, 2.24) is 10.8 Å². The van der Waals surface area contributed by atoms with Gasteiger partial charge in [-0.25, -0.2) is 15.1 Å². The molecule has 0 aliphatic heterocycles. The summed E-state index contributed by atoms with van der Waals surface area (Å²) in [6, 6.07) is -1.67. The van der Waals surface area contributed by atoms with E-state index in [1.807, 2.05) is 11.7 Å². The second-order valence-electron chi connectivity index (χ2n) is 2.99. The number of carbonyl (C=O) groups excluding carboxylic acids is 2. The van der Waals surface area contributed by atoms with Gasteiger partial charge in [-0.3, -0.25) is 9.63 Å². The average Bonchev–Trinajstić information content (AvgIpc) is 2.22. The van der Waals surface area contributed by atoms with Gasteiger partial charge < -0.3 is 16.2 Å². The minimum absolute atomic E-state index is 0.367. The van der Waals surface area contributed by atoms with Gasteiger partial charge in [-0.05, 0) is 18.4 Å². The Kier molecular flexibility index (Phi) is 7.89. The summed E-state index contributed by atoms with van der Waals surface area (Å²) in [6.45, 7) is -0.655. The highest BCUT2D eigenvalue weighted by atomic mass is 32.2. The zero-order valence-electron chi connectivity index (χ0n) is 9.26. The molecule has 0 aliphatic carbocycles. The smallest absolute Gasteiger partial charge is 0.332 e. The molecule has 0 heterocycles.